The van der Waals surface area contributed by atoms with Crippen LogP contribution in [0.15, 0.2) is 206 Å². The molecule has 0 radical (unpaired) electrons. The van der Waals surface area contributed by atoms with Crippen LogP contribution in [0.3, 0.4) is 0 Å². The molecule has 250 valence electrons. The summed E-state index contributed by atoms with van der Waals surface area (Å²) in [6.45, 7) is 0. The van der Waals surface area contributed by atoms with E-state index in [1.165, 1.54) is 109 Å². The molecule has 0 heteroatoms. The second-order valence-electron chi connectivity index (χ2n) is 14.4. The minimum atomic E-state index is 1.22. The van der Waals surface area contributed by atoms with Crippen LogP contribution in [0.5, 0.6) is 0 Å². The molecule has 0 amide bonds. The first kappa shape index (κ1) is 30.6. The summed E-state index contributed by atoms with van der Waals surface area (Å²) in [7, 11) is 0. The minimum Gasteiger partial charge on any atom is -0.0616 e. The van der Waals surface area contributed by atoms with Gasteiger partial charge in [-0.05, 0) is 133 Å². The summed E-state index contributed by atoms with van der Waals surface area (Å²) < 4.78 is 0. The third kappa shape index (κ3) is 4.92. The highest BCUT2D eigenvalue weighted by Gasteiger charge is 2.16. The molecule has 0 bridgehead atoms. The molecule has 0 aliphatic rings. The standard InChI is InChI=1S/C54H34/c1-2-13-39-31-42(28-23-35(39)11-1)40-15-9-16-41(32-40)43-29-30-50-52(33-43)46-18-5-6-19-47(46)53-34-51(48-20-7-8-21-49(48)54(50)53)38-26-24-37(25-27-38)45-22-10-14-36-12-3-4-17-44(36)45/h1-34H. The lowest BCUT2D eigenvalue weighted by atomic mass is 9.86. The van der Waals surface area contributed by atoms with Crippen molar-refractivity contribution in [2.24, 2.45) is 0 Å². The Bertz CT molecular complexity index is 3250. The highest BCUT2D eigenvalue weighted by atomic mass is 14.2. The molecule has 0 aliphatic carbocycles. The second kappa shape index (κ2) is 12.3. The van der Waals surface area contributed by atoms with Gasteiger partial charge in [0.1, 0.15) is 0 Å². The van der Waals surface area contributed by atoms with Crippen molar-refractivity contribution in [1.82, 2.24) is 0 Å². The second-order valence-corrected chi connectivity index (χ2v) is 14.4. The molecule has 0 N–H and O–H groups in total. The summed E-state index contributed by atoms with van der Waals surface area (Å²) in [6, 6.07) is 76.1. The Morgan fingerprint density at radius 1 is 0.185 bits per heavy atom. The molecule has 0 spiro atoms. The zero-order valence-electron chi connectivity index (χ0n) is 29.6. The molecule has 0 saturated heterocycles. The van der Waals surface area contributed by atoms with Gasteiger partial charge < -0.3 is 0 Å². The molecular formula is C54H34. The van der Waals surface area contributed by atoms with Crippen molar-refractivity contribution in [3.05, 3.63) is 206 Å². The van der Waals surface area contributed by atoms with E-state index in [4.69, 9.17) is 0 Å². The Hall–Kier alpha value is -7.02. The van der Waals surface area contributed by atoms with Crippen LogP contribution in [0.4, 0.5) is 0 Å². The van der Waals surface area contributed by atoms with Crippen molar-refractivity contribution in [3.63, 3.8) is 0 Å². The van der Waals surface area contributed by atoms with Gasteiger partial charge in [0, 0.05) is 0 Å². The zero-order valence-corrected chi connectivity index (χ0v) is 29.6. The van der Waals surface area contributed by atoms with E-state index in [1.54, 1.807) is 0 Å². The van der Waals surface area contributed by atoms with Gasteiger partial charge in [-0.2, -0.15) is 0 Å². The fourth-order valence-corrected chi connectivity index (χ4v) is 8.79. The van der Waals surface area contributed by atoms with Crippen LogP contribution in [0, 0.1) is 0 Å². The average Bonchev–Trinajstić information content (AvgIpc) is 3.25. The van der Waals surface area contributed by atoms with Crippen molar-refractivity contribution in [2.75, 3.05) is 0 Å². The van der Waals surface area contributed by atoms with Crippen LogP contribution in [0.2, 0.25) is 0 Å². The van der Waals surface area contributed by atoms with Crippen LogP contribution >= 0.6 is 0 Å². The molecule has 0 fully saturated rings. The summed E-state index contributed by atoms with van der Waals surface area (Å²) in [5, 5.41) is 15.3. The zero-order chi connectivity index (χ0) is 35.6. The van der Waals surface area contributed by atoms with Gasteiger partial charge in [0.05, 0.1) is 0 Å². The smallest absolute Gasteiger partial charge is 0.00199 e. The SMILES string of the molecule is c1cc(-c2ccc3ccccc3c2)cc(-c2ccc3c(c2)c2ccccc2c2cc(-c4ccc(-c5cccc6ccccc56)cc4)c4ccccc4c32)c1. The van der Waals surface area contributed by atoms with Gasteiger partial charge in [-0.15, -0.1) is 0 Å². The Labute approximate surface area is 314 Å². The van der Waals surface area contributed by atoms with Crippen molar-refractivity contribution < 1.29 is 0 Å². The maximum Gasteiger partial charge on any atom is -0.00199 e. The monoisotopic (exact) mass is 682 g/mol. The first-order valence-electron chi connectivity index (χ1n) is 18.7. The quantitative estimate of drug-likeness (QED) is 0.162. The van der Waals surface area contributed by atoms with Gasteiger partial charge >= 0.3 is 0 Å². The van der Waals surface area contributed by atoms with Crippen LogP contribution in [-0.4, -0.2) is 0 Å². The van der Waals surface area contributed by atoms with E-state index in [0.29, 0.717) is 0 Å². The van der Waals surface area contributed by atoms with Crippen LogP contribution in [0.25, 0.3) is 109 Å². The first-order valence-corrected chi connectivity index (χ1v) is 18.7. The molecule has 11 rings (SSSR count). The number of rotatable bonds is 4. The maximum atomic E-state index is 2.44. The predicted molar refractivity (Wildman–Crippen MR) is 233 cm³/mol. The minimum absolute atomic E-state index is 1.22. The van der Waals surface area contributed by atoms with E-state index in [9.17, 15) is 0 Å². The van der Waals surface area contributed by atoms with Crippen molar-refractivity contribution in [2.45, 2.75) is 0 Å². The topological polar surface area (TPSA) is 0 Å². The number of benzene rings is 11. The van der Waals surface area contributed by atoms with Crippen LogP contribution < -0.4 is 0 Å². The van der Waals surface area contributed by atoms with Crippen molar-refractivity contribution >= 4 is 64.6 Å². The van der Waals surface area contributed by atoms with Crippen molar-refractivity contribution in [1.29, 1.82) is 0 Å². The Kier molecular flexibility index (Phi) is 6.97. The number of fused-ring (bicyclic) bond motifs is 10. The lowest BCUT2D eigenvalue weighted by Crippen LogP contribution is -1.90. The van der Waals surface area contributed by atoms with E-state index in [0.717, 1.165) is 0 Å². The molecule has 54 heavy (non-hydrogen) atoms. The van der Waals surface area contributed by atoms with Gasteiger partial charge in [-0.3, -0.25) is 0 Å². The normalized spacial score (nSPS) is 11.7. The summed E-state index contributed by atoms with van der Waals surface area (Å²) in [5.74, 6) is 0. The largest absolute Gasteiger partial charge is 0.0616 e. The first-order chi connectivity index (χ1) is 26.8. The van der Waals surface area contributed by atoms with Crippen molar-refractivity contribution in [3.8, 4) is 44.5 Å². The lowest BCUT2D eigenvalue weighted by Gasteiger charge is -2.17. The molecule has 11 aromatic carbocycles. The molecule has 0 aliphatic heterocycles. The summed E-state index contributed by atoms with van der Waals surface area (Å²) in [4.78, 5) is 0. The summed E-state index contributed by atoms with van der Waals surface area (Å²) in [6.07, 6.45) is 0. The average molecular weight is 683 g/mol. The molecule has 0 aromatic heterocycles. The van der Waals surface area contributed by atoms with Gasteiger partial charge in [0.2, 0.25) is 0 Å². The maximum absolute atomic E-state index is 2.44. The van der Waals surface area contributed by atoms with Crippen LogP contribution in [0.1, 0.15) is 0 Å². The summed E-state index contributed by atoms with van der Waals surface area (Å²) in [5.41, 5.74) is 9.89. The molecule has 0 atom stereocenters. The molecule has 11 aromatic rings. The highest BCUT2D eigenvalue weighted by molar-refractivity contribution is 6.33. The molecule has 0 heterocycles. The van der Waals surface area contributed by atoms with E-state index in [-0.39, 0.29) is 0 Å². The van der Waals surface area contributed by atoms with Crippen LogP contribution in [-0.2, 0) is 0 Å². The lowest BCUT2D eigenvalue weighted by molar-refractivity contribution is 1.62. The Balaban J connectivity index is 1.08. The van der Waals surface area contributed by atoms with Gasteiger partial charge in [-0.25, -0.2) is 0 Å². The third-order valence-corrected chi connectivity index (χ3v) is 11.4. The predicted octanol–water partition coefficient (Wildman–Crippen LogP) is 15.3. The number of hydrogen-bond acceptors (Lipinski definition) is 0. The molecule has 0 unspecified atom stereocenters. The van der Waals surface area contributed by atoms with Gasteiger partial charge in [-0.1, -0.05) is 182 Å². The van der Waals surface area contributed by atoms with E-state index in [2.05, 4.69) is 206 Å². The molecular weight excluding hydrogens is 649 g/mol. The Morgan fingerprint density at radius 3 is 1.46 bits per heavy atom. The van der Waals surface area contributed by atoms with E-state index in [1.807, 2.05) is 0 Å². The summed E-state index contributed by atoms with van der Waals surface area (Å²) >= 11 is 0. The molecule has 0 saturated carbocycles. The third-order valence-electron chi connectivity index (χ3n) is 11.4. The van der Waals surface area contributed by atoms with Gasteiger partial charge in [0.25, 0.3) is 0 Å². The Morgan fingerprint density at radius 2 is 0.685 bits per heavy atom. The van der Waals surface area contributed by atoms with Gasteiger partial charge in [0.15, 0.2) is 0 Å². The van der Waals surface area contributed by atoms with E-state index >= 15 is 0 Å². The fraction of sp³-hybridized carbons (Fsp3) is 0. The fourth-order valence-electron chi connectivity index (χ4n) is 8.79. The highest BCUT2D eigenvalue weighted by Crippen LogP contribution is 2.44. The molecule has 0 nitrogen and oxygen atoms in total. The van der Waals surface area contributed by atoms with E-state index < -0.39 is 0 Å². The number of hydrogen-bond donors (Lipinski definition) is 0.